The Hall–Kier alpha value is -1.16. The lowest BCUT2D eigenvalue weighted by Crippen LogP contribution is -2.30. The number of hydrogen-bond acceptors (Lipinski definition) is 3. The van der Waals surface area contributed by atoms with Crippen LogP contribution in [0.5, 0.6) is 0 Å². The van der Waals surface area contributed by atoms with Gasteiger partial charge in [0.2, 0.25) is 0 Å². The van der Waals surface area contributed by atoms with E-state index in [1.807, 2.05) is 10.8 Å². The molecule has 0 fully saturated rings. The number of nitrogens with zero attached hydrogens (tertiary/aromatic N) is 3. The van der Waals surface area contributed by atoms with Crippen LogP contribution in [0.3, 0.4) is 0 Å². The molecule has 12 heavy (non-hydrogen) atoms. The number of hydrogen-bond donors (Lipinski definition) is 0. The SMILES string of the molecule is CN1CCn2cc(C=O)nc2C1. The quantitative estimate of drug-likeness (QED) is 0.555. The van der Waals surface area contributed by atoms with Gasteiger partial charge in [0.05, 0.1) is 6.54 Å². The molecule has 0 unspecified atom stereocenters. The van der Waals surface area contributed by atoms with Gasteiger partial charge in [-0.3, -0.25) is 9.69 Å². The largest absolute Gasteiger partial charge is 0.332 e. The van der Waals surface area contributed by atoms with Gasteiger partial charge in [0.25, 0.3) is 0 Å². The Balaban J connectivity index is 2.34. The number of rotatable bonds is 1. The van der Waals surface area contributed by atoms with E-state index in [0.29, 0.717) is 5.69 Å². The summed E-state index contributed by atoms with van der Waals surface area (Å²) in [7, 11) is 2.05. The second-order valence-electron chi connectivity index (χ2n) is 3.13. The Bertz CT molecular complexity index is 305. The van der Waals surface area contributed by atoms with Crippen molar-refractivity contribution in [1.29, 1.82) is 0 Å². The number of fused-ring (bicyclic) bond motifs is 1. The van der Waals surface area contributed by atoms with E-state index in [2.05, 4.69) is 16.9 Å². The van der Waals surface area contributed by atoms with Crippen LogP contribution >= 0.6 is 0 Å². The van der Waals surface area contributed by atoms with E-state index < -0.39 is 0 Å². The van der Waals surface area contributed by atoms with E-state index in [-0.39, 0.29) is 0 Å². The summed E-state index contributed by atoms with van der Waals surface area (Å²) in [6, 6.07) is 0. The first kappa shape index (κ1) is 7.49. The number of imidazole rings is 1. The van der Waals surface area contributed by atoms with E-state index >= 15 is 0 Å². The fourth-order valence-electron chi connectivity index (χ4n) is 1.45. The number of carbonyl (C=O) groups is 1. The molecule has 1 aromatic heterocycles. The normalized spacial score (nSPS) is 17.4. The molecule has 1 aromatic rings. The Morgan fingerprint density at radius 1 is 1.58 bits per heavy atom. The molecule has 0 bridgehead atoms. The van der Waals surface area contributed by atoms with Crippen molar-refractivity contribution in [3.63, 3.8) is 0 Å². The molecule has 0 spiro atoms. The van der Waals surface area contributed by atoms with Crippen molar-refractivity contribution in [1.82, 2.24) is 14.5 Å². The molecule has 0 radical (unpaired) electrons. The Labute approximate surface area is 70.8 Å². The summed E-state index contributed by atoms with van der Waals surface area (Å²) < 4.78 is 2.05. The third-order valence-electron chi connectivity index (χ3n) is 2.13. The lowest BCUT2D eigenvalue weighted by atomic mass is 10.4. The predicted molar refractivity (Wildman–Crippen MR) is 43.9 cm³/mol. The zero-order valence-electron chi connectivity index (χ0n) is 7.03. The van der Waals surface area contributed by atoms with Crippen LogP contribution in [0.1, 0.15) is 16.3 Å². The van der Waals surface area contributed by atoms with Crippen molar-refractivity contribution in [3.05, 3.63) is 17.7 Å². The molecule has 2 rings (SSSR count). The third-order valence-corrected chi connectivity index (χ3v) is 2.13. The predicted octanol–water partition coefficient (Wildman–Crippen LogP) is 0.141. The van der Waals surface area contributed by atoms with E-state index in [1.165, 1.54) is 0 Å². The second kappa shape index (κ2) is 2.71. The Kier molecular flexibility index (Phi) is 1.69. The Morgan fingerprint density at radius 3 is 3.17 bits per heavy atom. The lowest BCUT2D eigenvalue weighted by molar-refractivity contribution is 0.111. The summed E-state index contributed by atoms with van der Waals surface area (Å²) in [5, 5.41) is 0. The number of aromatic nitrogens is 2. The first-order valence-corrected chi connectivity index (χ1v) is 3.99. The van der Waals surface area contributed by atoms with Crippen LogP contribution in [-0.2, 0) is 13.1 Å². The minimum absolute atomic E-state index is 0.542. The van der Waals surface area contributed by atoms with Gasteiger partial charge in [-0.2, -0.15) is 0 Å². The van der Waals surface area contributed by atoms with Gasteiger partial charge in [0.1, 0.15) is 11.5 Å². The molecule has 0 aromatic carbocycles. The van der Waals surface area contributed by atoms with Crippen molar-refractivity contribution < 1.29 is 4.79 Å². The fourth-order valence-corrected chi connectivity index (χ4v) is 1.45. The molecule has 0 aliphatic carbocycles. The monoisotopic (exact) mass is 165 g/mol. The first-order chi connectivity index (χ1) is 5.79. The number of carbonyl (C=O) groups excluding carboxylic acids is 1. The minimum Gasteiger partial charge on any atom is -0.332 e. The van der Waals surface area contributed by atoms with Crippen molar-refractivity contribution in [3.8, 4) is 0 Å². The van der Waals surface area contributed by atoms with Gasteiger partial charge in [-0.1, -0.05) is 0 Å². The standard InChI is InChI=1S/C8H11N3O/c1-10-2-3-11-4-7(6-12)9-8(11)5-10/h4,6H,2-3,5H2,1H3. The average molecular weight is 165 g/mol. The summed E-state index contributed by atoms with van der Waals surface area (Å²) in [6.07, 6.45) is 2.61. The average Bonchev–Trinajstić information content (AvgIpc) is 2.46. The van der Waals surface area contributed by atoms with Gasteiger partial charge in [-0.25, -0.2) is 4.98 Å². The number of aldehydes is 1. The third kappa shape index (κ3) is 1.14. The van der Waals surface area contributed by atoms with Crippen molar-refractivity contribution in [2.75, 3.05) is 13.6 Å². The van der Waals surface area contributed by atoms with Crippen molar-refractivity contribution in [2.45, 2.75) is 13.1 Å². The molecule has 0 atom stereocenters. The minimum atomic E-state index is 0.542. The molecule has 4 heteroatoms. The smallest absolute Gasteiger partial charge is 0.170 e. The second-order valence-corrected chi connectivity index (χ2v) is 3.13. The topological polar surface area (TPSA) is 38.1 Å². The van der Waals surface area contributed by atoms with Gasteiger partial charge >= 0.3 is 0 Å². The van der Waals surface area contributed by atoms with Crippen LogP contribution in [0, 0.1) is 0 Å². The zero-order valence-corrected chi connectivity index (χ0v) is 7.03. The van der Waals surface area contributed by atoms with E-state index in [1.54, 1.807) is 0 Å². The lowest BCUT2D eigenvalue weighted by Gasteiger charge is -2.22. The maximum atomic E-state index is 10.4. The van der Waals surface area contributed by atoms with E-state index in [4.69, 9.17) is 0 Å². The maximum absolute atomic E-state index is 10.4. The summed E-state index contributed by atoms with van der Waals surface area (Å²) in [5.74, 6) is 0.992. The van der Waals surface area contributed by atoms with Crippen molar-refractivity contribution in [2.24, 2.45) is 0 Å². The van der Waals surface area contributed by atoms with E-state index in [9.17, 15) is 4.79 Å². The van der Waals surface area contributed by atoms with Crippen LogP contribution in [0.15, 0.2) is 6.20 Å². The maximum Gasteiger partial charge on any atom is 0.170 e. The highest BCUT2D eigenvalue weighted by atomic mass is 16.1. The zero-order chi connectivity index (χ0) is 8.55. The summed E-state index contributed by atoms with van der Waals surface area (Å²) in [6.45, 7) is 2.81. The fraction of sp³-hybridized carbons (Fsp3) is 0.500. The van der Waals surface area contributed by atoms with Crippen LogP contribution in [0.4, 0.5) is 0 Å². The van der Waals surface area contributed by atoms with Crippen LogP contribution in [0.25, 0.3) is 0 Å². The molecule has 64 valence electrons. The highest BCUT2D eigenvalue weighted by Crippen LogP contribution is 2.09. The van der Waals surface area contributed by atoms with Gasteiger partial charge in [0.15, 0.2) is 6.29 Å². The highest BCUT2D eigenvalue weighted by Gasteiger charge is 2.14. The van der Waals surface area contributed by atoms with Crippen LogP contribution in [0.2, 0.25) is 0 Å². The number of likely N-dealkylation sites (N-methyl/N-ethyl adjacent to an activating group) is 1. The summed E-state index contributed by atoms with van der Waals surface area (Å²) >= 11 is 0. The summed E-state index contributed by atoms with van der Waals surface area (Å²) in [4.78, 5) is 16.8. The molecular weight excluding hydrogens is 154 g/mol. The molecular formula is C8H11N3O. The van der Waals surface area contributed by atoms with Gasteiger partial charge in [-0.05, 0) is 7.05 Å². The molecule has 2 heterocycles. The van der Waals surface area contributed by atoms with Crippen LogP contribution in [-0.4, -0.2) is 34.3 Å². The van der Waals surface area contributed by atoms with Gasteiger partial charge in [0, 0.05) is 19.3 Å². The van der Waals surface area contributed by atoms with Crippen LogP contribution < -0.4 is 0 Å². The molecule has 1 aliphatic heterocycles. The highest BCUT2D eigenvalue weighted by molar-refractivity contribution is 5.71. The van der Waals surface area contributed by atoms with Gasteiger partial charge < -0.3 is 4.57 Å². The van der Waals surface area contributed by atoms with E-state index in [0.717, 1.165) is 31.7 Å². The first-order valence-electron chi connectivity index (χ1n) is 3.99. The Morgan fingerprint density at radius 2 is 2.42 bits per heavy atom. The van der Waals surface area contributed by atoms with Crippen molar-refractivity contribution >= 4 is 6.29 Å². The molecule has 0 amide bonds. The van der Waals surface area contributed by atoms with Gasteiger partial charge in [-0.15, -0.1) is 0 Å². The molecule has 0 N–H and O–H groups in total. The summed E-state index contributed by atoms with van der Waals surface area (Å²) in [5.41, 5.74) is 0.542. The molecule has 0 saturated heterocycles. The molecule has 0 saturated carbocycles. The molecule has 1 aliphatic rings. The molecule has 4 nitrogen and oxygen atoms in total.